The largest absolute Gasteiger partial charge is 0.479 e. The predicted molar refractivity (Wildman–Crippen MR) is 76.2 cm³/mol. The highest BCUT2D eigenvalue weighted by Gasteiger charge is 2.36. The lowest BCUT2D eigenvalue weighted by molar-refractivity contribution is -0.142. The minimum absolute atomic E-state index is 0.167. The Morgan fingerprint density at radius 2 is 1.75 bits per heavy atom. The summed E-state index contributed by atoms with van der Waals surface area (Å²) in [6.45, 7) is 3.36. The number of anilines is 1. The Morgan fingerprint density at radius 1 is 1.15 bits per heavy atom. The van der Waals surface area contributed by atoms with Crippen LogP contribution in [0.2, 0.25) is 0 Å². The zero-order chi connectivity index (χ0) is 14.8. The van der Waals surface area contributed by atoms with E-state index >= 15 is 0 Å². The average Bonchev–Trinajstić information content (AvgIpc) is 2.41. The lowest BCUT2D eigenvalue weighted by Crippen LogP contribution is -2.41. The lowest BCUT2D eigenvalue weighted by atomic mass is 9.88. The monoisotopic (exact) mass is 273 g/mol. The first-order valence-corrected chi connectivity index (χ1v) is 6.27. The molecule has 0 aromatic heterocycles. The first kappa shape index (κ1) is 14.1. The molecule has 2 N–H and O–H groups in total. The van der Waals surface area contributed by atoms with E-state index < -0.39 is 17.3 Å². The van der Waals surface area contributed by atoms with Gasteiger partial charge >= 0.3 is 5.97 Å². The van der Waals surface area contributed by atoms with Gasteiger partial charge in [-0.05, 0) is 37.1 Å². The van der Waals surface area contributed by atoms with Crippen molar-refractivity contribution in [2.24, 2.45) is 0 Å². The lowest BCUT2D eigenvalue weighted by Gasteiger charge is -2.29. The second-order valence-corrected chi connectivity index (χ2v) is 4.85. The van der Waals surface area contributed by atoms with Gasteiger partial charge in [-0.15, -0.1) is 0 Å². The third-order valence-corrected chi connectivity index (χ3v) is 3.37. The van der Waals surface area contributed by atoms with Crippen LogP contribution < -0.4 is 5.32 Å². The molecule has 2 aromatic carbocycles. The van der Waals surface area contributed by atoms with E-state index in [1.54, 1.807) is 24.3 Å². The molecule has 0 aliphatic heterocycles. The molecule has 4 heteroatoms. The number of aryl methyl sites for hydroxylation is 1. The van der Waals surface area contributed by atoms with Gasteiger partial charge in [-0.25, -0.2) is 9.18 Å². The number of nitrogens with one attached hydrogen (secondary N) is 1. The van der Waals surface area contributed by atoms with Crippen LogP contribution in [0.15, 0.2) is 48.5 Å². The summed E-state index contributed by atoms with van der Waals surface area (Å²) in [7, 11) is 0. The molecule has 0 aliphatic carbocycles. The number of carbonyl (C=O) groups is 1. The van der Waals surface area contributed by atoms with Gasteiger partial charge in [0.05, 0.1) is 5.69 Å². The summed E-state index contributed by atoms with van der Waals surface area (Å²) in [6, 6.07) is 13.2. The van der Waals surface area contributed by atoms with E-state index in [-0.39, 0.29) is 5.69 Å². The summed E-state index contributed by atoms with van der Waals surface area (Å²) in [6.07, 6.45) is 0. The van der Waals surface area contributed by atoms with Crippen molar-refractivity contribution in [3.8, 4) is 0 Å². The molecule has 2 rings (SSSR count). The number of carboxylic acids is 1. The first-order valence-electron chi connectivity index (χ1n) is 6.27. The van der Waals surface area contributed by atoms with Crippen LogP contribution in [0.25, 0.3) is 0 Å². The number of para-hydroxylation sites is 1. The van der Waals surface area contributed by atoms with Crippen LogP contribution in [-0.4, -0.2) is 11.1 Å². The van der Waals surface area contributed by atoms with Gasteiger partial charge in [0.2, 0.25) is 0 Å². The van der Waals surface area contributed by atoms with Crippen LogP contribution in [0.4, 0.5) is 10.1 Å². The summed E-state index contributed by atoms with van der Waals surface area (Å²) < 4.78 is 13.7. The molecule has 0 aliphatic rings. The van der Waals surface area contributed by atoms with Crippen LogP contribution in [0.5, 0.6) is 0 Å². The van der Waals surface area contributed by atoms with E-state index in [9.17, 15) is 14.3 Å². The van der Waals surface area contributed by atoms with Crippen LogP contribution in [0.3, 0.4) is 0 Å². The van der Waals surface area contributed by atoms with Gasteiger partial charge in [-0.2, -0.15) is 0 Å². The van der Waals surface area contributed by atoms with Crippen molar-refractivity contribution in [3.05, 3.63) is 65.5 Å². The Balaban J connectivity index is 2.49. The van der Waals surface area contributed by atoms with E-state index in [4.69, 9.17) is 0 Å². The molecule has 1 unspecified atom stereocenters. The summed E-state index contributed by atoms with van der Waals surface area (Å²) in [5.74, 6) is -1.54. The maximum absolute atomic E-state index is 13.7. The molecule has 0 fully saturated rings. The van der Waals surface area contributed by atoms with Gasteiger partial charge in [0.25, 0.3) is 0 Å². The normalized spacial score (nSPS) is 13.6. The van der Waals surface area contributed by atoms with Gasteiger partial charge < -0.3 is 10.4 Å². The Labute approximate surface area is 117 Å². The second-order valence-electron chi connectivity index (χ2n) is 4.85. The Hall–Kier alpha value is -2.36. The zero-order valence-corrected chi connectivity index (χ0v) is 11.4. The molecule has 0 heterocycles. The summed E-state index contributed by atoms with van der Waals surface area (Å²) in [5.41, 5.74) is 0.214. The number of halogens is 1. The number of benzene rings is 2. The van der Waals surface area contributed by atoms with Crippen molar-refractivity contribution >= 4 is 11.7 Å². The highest BCUT2D eigenvalue weighted by atomic mass is 19.1. The molecule has 20 heavy (non-hydrogen) atoms. The molecular weight excluding hydrogens is 257 g/mol. The topological polar surface area (TPSA) is 49.3 Å². The minimum Gasteiger partial charge on any atom is -0.479 e. The van der Waals surface area contributed by atoms with Crippen molar-refractivity contribution in [2.45, 2.75) is 19.4 Å². The van der Waals surface area contributed by atoms with Crippen molar-refractivity contribution in [2.75, 3.05) is 5.32 Å². The molecular formula is C16H16FNO2. The van der Waals surface area contributed by atoms with Crippen LogP contribution in [-0.2, 0) is 10.3 Å². The molecule has 0 radical (unpaired) electrons. The number of carboxylic acid groups (broad SMARTS) is 1. The Kier molecular flexibility index (Phi) is 3.74. The fraction of sp³-hybridized carbons (Fsp3) is 0.188. The summed E-state index contributed by atoms with van der Waals surface area (Å²) in [4.78, 5) is 11.7. The molecule has 3 nitrogen and oxygen atoms in total. The fourth-order valence-electron chi connectivity index (χ4n) is 2.20. The molecule has 1 atom stereocenters. The van der Waals surface area contributed by atoms with Gasteiger partial charge in [0, 0.05) is 0 Å². The Bertz CT molecular complexity index is 642. The molecule has 0 spiro atoms. The Morgan fingerprint density at radius 3 is 2.35 bits per heavy atom. The van der Waals surface area contributed by atoms with Crippen molar-refractivity contribution in [3.63, 3.8) is 0 Å². The third kappa shape index (κ3) is 2.50. The quantitative estimate of drug-likeness (QED) is 0.895. The van der Waals surface area contributed by atoms with Crippen LogP contribution in [0, 0.1) is 12.7 Å². The standard InChI is InChI=1S/C16H16FNO2/c1-11-7-3-4-8-12(11)16(2,15(19)20)18-14-10-6-5-9-13(14)17/h3-10,18H,1-2H3,(H,19,20). The van der Waals surface area contributed by atoms with Gasteiger partial charge in [-0.1, -0.05) is 36.4 Å². The average molecular weight is 273 g/mol. The SMILES string of the molecule is Cc1ccccc1C(C)(Nc1ccccc1F)C(=O)O. The maximum Gasteiger partial charge on any atom is 0.333 e. The minimum atomic E-state index is -1.40. The fourth-order valence-corrected chi connectivity index (χ4v) is 2.20. The van der Waals surface area contributed by atoms with Crippen molar-refractivity contribution in [1.29, 1.82) is 0 Å². The highest BCUT2D eigenvalue weighted by Crippen LogP contribution is 2.30. The van der Waals surface area contributed by atoms with Crippen LogP contribution >= 0.6 is 0 Å². The number of hydrogen-bond donors (Lipinski definition) is 2. The molecule has 104 valence electrons. The number of aliphatic carboxylic acids is 1. The first-order chi connectivity index (χ1) is 9.45. The summed E-state index contributed by atoms with van der Waals surface area (Å²) >= 11 is 0. The highest BCUT2D eigenvalue weighted by molar-refractivity contribution is 5.84. The van der Waals surface area contributed by atoms with E-state index in [0.717, 1.165) is 5.56 Å². The van der Waals surface area contributed by atoms with Gasteiger partial charge in [0.1, 0.15) is 5.82 Å². The summed E-state index contributed by atoms with van der Waals surface area (Å²) in [5, 5.41) is 12.4. The smallest absolute Gasteiger partial charge is 0.333 e. The zero-order valence-electron chi connectivity index (χ0n) is 11.4. The van der Waals surface area contributed by atoms with Crippen LogP contribution in [0.1, 0.15) is 18.1 Å². The molecule has 0 saturated heterocycles. The van der Waals surface area contributed by atoms with Crippen molar-refractivity contribution in [1.82, 2.24) is 0 Å². The van der Waals surface area contributed by atoms with E-state index in [1.807, 2.05) is 19.1 Å². The van der Waals surface area contributed by atoms with Crippen molar-refractivity contribution < 1.29 is 14.3 Å². The van der Waals surface area contributed by atoms with E-state index in [2.05, 4.69) is 5.32 Å². The maximum atomic E-state index is 13.7. The van der Waals surface area contributed by atoms with Gasteiger partial charge in [0.15, 0.2) is 5.54 Å². The second kappa shape index (κ2) is 5.33. The molecule has 0 saturated carbocycles. The predicted octanol–water partition coefficient (Wildman–Crippen LogP) is 3.55. The van der Waals surface area contributed by atoms with E-state index in [0.29, 0.717) is 5.56 Å². The molecule has 2 aromatic rings. The molecule has 0 bridgehead atoms. The number of hydrogen-bond acceptors (Lipinski definition) is 2. The number of rotatable bonds is 4. The van der Waals surface area contributed by atoms with Gasteiger partial charge in [-0.3, -0.25) is 0 Å². The van der Waals surface area contributed by atoms with E-state index in [1.165, 1.54) is 19.1 Å². The molecule has 0 amide bonds. The third-order valence-electron chi connectivity index (χ3n) is 3.37.